The smallest absolute Gasteiger partial charge is 0.0901 e. The molecule has 2 heterocycles. The zero-order valence-electron chi connectivity index (χ0n) is 13.8. The van der Waals surface area contributed by atoms with Gasteiger partial charge >= 0.3 is 0 Å². The van der Waals surface area contributed by atoms with E-state index in [2.05, 4.69) is 59.1 Å². The fourth-order valence-electron chi connectivity index (χ4n) is 3.22. The Bertz CT molecular complexity index is 625. The Balaban J connectivity index is 2.03. The second kappa shape index (κ2) is 6.69. The molecule has 0 bridgehead atoms. The third-order valence-corrected chi connectivity index (χ3v) is 5.21. The number of thiazole rings is 1. The SMILES string of the molecule is CCN(CC)c1ccc(-c2csc(C)n2)cc1N1CCCC1. The molecule has 3 nitrogen and oxygen atoms in total. The highest BCUT2D eigenvalue weighted by Gasteiger charge is 2.19. The van der Waals surface area contributed by atoms with E-state index in [0.717, 1.165) is 23.8 Å². The maximum atomic E-state index is 4.65. The Morgan fingerprint density at radius 2 is 1.91 bits per heavy atom. The molecule has 1 saturated heterocycles. The highest BCUT2D eigenvalue weighted by atomic mass is 32.1. The fourth-order valence-corrected chi connectivity index (χ4v) is 3.84. The molecular weight excluding hydrogens is 290 g/mol. The van der Waals surface area contributed by atoms with Crippen LogP contribution < -0.4 is 9.80 Å². The van der Waals surface area contributed by atoms with Crippen LogP contribution in [0.2, 0.25) is 0 Å². The van der Waals surface area contributed by atoms with Gasteiger partial charge in [0.15, 0.2) is 0 Å². The van der Waals surface area contributed by atoms with Gasteiger partial charge < -0.3 is 9.80 Å². The van der Waals surface area contributed by atoms with Crippen molar-refractivity contribution in [3.63, 3.8) is 0 Å². The molecule has 2 aromatic rings. The Hall–Kier alpha value is -1.55. The van der Waals surface area contributed by atoms with Gasteiger partial charge in [0.1, 0.15) is 0 Å². The van der Waals surface area contributed by atoms with Crippen LogP contribution in [0.1, 0.15) is 31.7 Å². The average molecular weight is 315 g/mol. The number of benzene rings is 1. The molecule has 0 aliphatic carbocycles. The van der Waals surface area contributed by atoms with Gasteiger partial charge in [0.2, 0.25) is 0 Å². The Morgan fingerprint density at radius 1 is 1.18 bits per heavy atom. The summed E-state index contributed by atoms with van der Waals surface area (Å²) < 4.78 is 0. The molecule has 4 heteroatoms. The molecule has 0 radical (unpaired) electrons. The van der Waals surface area contributed by atoms with E-state index < -0.39 is 0 Å². The van der Waals surface area contributed by atoms with E-state index in [4.69, 9.17) is 0 Å². The highest BCUT2D eigenvalue weighted by molar-refractivity contribution is 7.09. The van der Waals surface area contributed by atoms with Crippen LogP contribution in [0.25, 0.3) is 11.3 Å². The van der Waals surface area contributed by atoms with E-state index in [1.165, 1.54) is 42.9 Å². The summed E-state index contributed by atoms with van der Waals surface area (Å²) in [6, 6.07) is 6.85. The van der Waals surface area contributed by atoms with Crippen molar-refractivity contribution in [3.8, 4) is 11.3 Å². The predicted octanol–water partition coefficient (Wildman–Crippen LogP) is 4.56. The monoisotopic (exact) mass is 315 g/mol. The largest absolute Gasteiger partial charge is 0.370 e. The van der Waals surface area contributed by atoms with Crippen molar-refractivity contribution in [3.05, 3.63) is 28.6 Å². The molecule has 0 amide bonds. The number of hydrogen-bond acceptors (Lipinski definition) is 4. The molecular formula is C18H25N3S. The average Bonchev–Trinajstić information content (AvgIpc) is 3.20. The van der Waals surface area contributed by atoms with E-state index in [0.29, 0.717) is 0 Å². The van der Waals surface area contributed by atoms with Gasteiger partial charge in [-0.2, -0.15) is 0 Å². The molecule has 3 rings (SSSR count). The number of aromatic nitrogens is 1. The van der Waals surface area contributed by atoms with E-state index >= 15 is 0 Å². The van der Waals surface area contributed by atoms with Gasteiger partial charge in [0.25, 0.3) is 0 Å². The summed E-state index contributed by atoms with van der Waals surface area (Å²) in [7, 11) is 0. The van der Waals surface area contributed by atoms with E-state index in [-0.39, 0.29) is 0 Å². The first kappa shape index (κ1) is 15.3. The molecule has 1 aromatic heterocycles. The number of aryl methyl sites for hydroxylation is 1. The molecule has 0 atom stereocenters. The first-order chi connectivity index (χ1) is 10.7. The molecule has 1 aliphatic heterocycles. The normalized spacial score (nSPS) is 14.6. The quantitative estimate of drug-likeness (QED) is 0.806. The molecule has 22 heavy (non-hydrogen) atoms. The van der Waals surface area contributed by atoms with Crippen LogP contribution in [0.4, 0.5) is 11.4 Å². The molecule has 0 unspecified atom stereocenters. The van der Waals surface area contributed by atoms with Crippen molar-refractivity contribution in [1.29, 1.82) is 0 Å². The lowest BCUT2D eigenvalue weighted by Crippen LogP contribution is -2.26. The lowest BCUT2D eigenvalue weighted by atomic mass is 10.1. The standard InChI is InChI=1S/C18H25N3S/c1-4-20(5-2)17-9-8-15(16-13-22-14(3)19-16)12-18(17)21-10-6-7-11-21/h8-9,12-13H,4-7,10-11H2,1-3H3. The number of nitrogens with zero attached hydrogens (tertiary/aromatic N) is 3. The summed E-state index contributed by atoms with van der Waals surface area (Å²) in [5.41, 5.74) is 5.09. The first-order valence-corrected chi connectivity index (χ1v) is 9.17. The van der Waals surface area contributed by atoms with Crippen molar-refractivity contribution in [2.45, 2.75) is 33.6 Å². The molecule has 0 spiro atoms. The zero-order valence-corrected chi connectivity index (χ0v) is 14.6. The van der Waals surface area contributed by atoms with Crippen LogP contribution in [0.5, 0.6) is 0 Å². The summed E-state index contributed by atoms with van der Waals surface area (Å²) in [4.78, 5) is 9.64. The van der Waals surface area contributed by atoms with Crippen LogP contribution in [-0.4, -0.2) is 31.2 Å². The lowest BCUT2D eigenvalue weighted by Gasteiger charge is -2.29. The molecule has 1 aliphatic rings. The van der Waals surface area contributed by atoms with Crippen LogP contribution >= 0.6 is 11.3 Å². The second-order valence-electron chi connectivity index (χ2n) is 5.82. The van der Waals surface area contributed by atoms with Gasteiger partial charge in [0.05, 0.1) is 22.1 Å². The predicted molar refractivity (Wildman–Crippen MR) is 97.3 cm³/mol. The summed E-state index contributed by atoms with van der Waals surface area (Å²) in [5, 5.41) is 3.29. The summed E-state index contributed by atoms with van der Waals surface area (Å²) in [6.45, 7) is 11.0. The van der Waals surface area contributed by atoms with Crippen molar-refractivity contribution in [2.75, 3.05) is 36.0 Å². The molecule has 1 fully saturated rings. The molecule has 118 valence electrons. The van der Waals surface area contributed by atoms with Crippen LogP contribution in [0, 0.1) is 6.92 Å². The minimum atomic E-state index is 1.05. The van der Waals surface area contributed by atoms with E-state index in [9.17, 15) is 0 Å². The number of anilines is 2. The van der Waals surface area contributed by atoms with Crippen molar-refractivity contribution in [2.24, 2.45) is 0 Å². The van der Waals surface area contributed by atoms with Gasteiger partial charge in [-0.1, -0.05) is 6.07 Å². The topological polar surface area (TPSA) is 19.4 Å². The lowest BCUT2D eigenvalue weighted by molar-refractivity contribution is 0.856. The summed E-state index contributed by atoms with van der Waals surface area (Å²) in [5.74, 6) is 0. The van der Waals surface area contributed by atoms with Crippen molar-refractivity contribution >= 4 is 22.7 Å². The second-order valence-corrected chi connectivity index (χ2v) is 6.88. The summed E-state index contributed by atoms with van der Waals surface area (Å²) in [6.07, 6.45) is 2.61. The van der Waals surface area contributed by atoms with E-state index in [1.54, 1.807) is 11.3 Å². The first-order valence-electron chi connectivity index (χ1n) is 8.29. The minimum Gasteiger partial charge on any atom is -0.370 e. The zero-order chi connectivity index (χ0) is 15.5. The van der Waals surface area contributed by atoms with Crippen LogP contribution in [0.15, 0.2) is 23.6 Å². The highest BCUT2D eigenvalue weighted by Crippen LogP contribution is 2.36. The maximum Gasteiger partial charge on any atom is 0.0901 e. The van der Waals surface area contributed by atoms with Crippen molar-refractivity contribution in [1.82, 2.24) is 4.98 Å². The number of hydrogen-bond donors (Lipinski definition) is 0. The van der Waals surface area contributed by atoms with Gasteiger partial charge in [-0.15, -0.1) is 11.3 Å². The molecule has 1 aromatic carbocycles. The third kappa shape index (κ3) is 2.98. The van der Waals surface area contributed by atoms with E-state index in [1.807, 2.05) is 0 Å². The molecule has 0 N–H and O–H groups in total. The van der Waals surface area contributed by atoms with Crippen molar-refractivity contribution < 1.29 is 0 Å². The minimum absolute atomic E-state index is 1.05. The van der Waals surface area contributed by atoms with Crippen LogP contribution in [-0.2, 0) is 0 Å². The van der Waals surface area contributed by atoms with Gasteiger partial charge in [-0.25, -0.2) is 4.98 Å². The van der Waals surface area contributed by atoms with Crippen LogP contribution in [0.3, 0.4) is 0 Å². The summed E-state index contributed by atoms with van der Waals surface area (Å²) >= 11 is 1.72. The maximum absolute atomic E-state index is 4.65. The number of rotatable bonds is 5. The van der Waals surface area contributed by atoms with Gasteiger partial charge in [-0.05, 0) is 45.7 Å². The Labute approximate surface area is 137 Å². The third-order valence-electron chi connectivity index (χ3n) is 4.44. The Morgan fingerprint density at radius 3 is 2.50 bits per heavy atom. The fraction of sp³-hybridized carbons (Fsp3) is 0.500. The Kier molecular flexibility index (Phi) is 4.67. The van der Waals surface area contributed by atoms with Gasteiger partial charge in [-0.3, -0.25) is 0 Å². The molecule has 0 saturated carbocycles. The van der Waals surface area contributed by atoms with Gasteiger partial charge in [0, 0.05) is 37.1 Å².